The molecular weight excluding hydrogens is 228 g/mol. The number of carbonyl (C=O) groups is 2. The fourth-order valence-corrected chi connectivity index (χ4v) is 0.968. The smallest absolute Gasteiger partial charge is 0.334 e. The van der Waals surface area contributed by atoms with Crippen LogP contribution in [-0.4, -0.2) is 47.6 Å². The predicted octanol–water partition coefficient (Wildman–Crippen LogP) is 0.00470. The lowest BCUT2D eigenvalue weighted by molar-refractivity contribution is -0.152. The molecule has 0 aliphatic carbocycles. The van der Waals surface area contributed by atoms with E-state index in [0.717, 1.165) is 6.42 Å². The second-order valence-corrected chi connectivity index (χ2v) is 3.75. The average molecular weight is 248 g/mol. The van der Waals surface area contributed by atoms with Crippen LogP contribution in [0.1, 0.15) is 33.1 Å². The van der Waals surface area contributed by atoms with Gasteiger partial charge in [0.25, 0.3) is 0 Å². The van der Waals surface area contributed by atoms with E-state index in [9.17, 15) is 9.59 Å². The molecule has 0 aliphatic heterocycles. The minimum atomic E-state index is -1.10. The second kappa shape index (κ2) is 8.95. The Kier molecular flexibility index (Phi) is 8.35. The molecule has 0 saturated carbocycles. The van der Waals surface area contributed by atoms with Crippen LogP contribution in [0.2, 0.25) is 0 Å². The maximum absolute atomic E-state index is 10.8. The van der Waals surface area contributed by atoms with Gasteiger partial charge < -0.3 is 19.7 Å². The minimum Gasteiger partial charge on any atom is -0.464 e. The Bertz CT molecular complexity index is 212. The Hall–Kier alpha value is -1.14. The number of aliphatic hydroxyl groups excluding tert-OH is 2. The zero-order valence-corrected chi connectivity index (χ0v) is 10.2. The van der Waals surface area contributed by atoms with Crippen LogP contribution in [0, 0.1) is 0 Å². The first-order valence-electron chi connectivity index (χ1n) is 5.64. The van der Waals surface area contributed by atoms with E-state index in [1.807, 2.05) is 0 Å². The molecule has 100 valence electrons. The van der Waals surface area contributed by atoms with Crippen LogP contribution in [0.4, 0.5) is 0 Å². The Labute approximate surface area is 101 Å². The van der Waals surface area contributed by atoms with E-state index in [-0.39, 0.29) is 13.2 Å². The van der Waals surface area contributed by atoms with Gasteiger partial charge in [0.2, 0.25) is 0 Å². The van der Waals surface area contributed by atoms with Crippen LogP contribution >= 0.6 is 0 Å². The largest absolute Gasteiger partial charge is 0.464 e. The number of aliphatic hydroxyl groups is 2. The molecule has 0 saturated heterocycles. The van der Waals surface area contributed by atoms with Crippen molar-refractivity contribution in [2.45, 2.75) is 45.3 Å². The summed E-state index contributed by atoms with van der Waals surface area (Å²) in [4.78, 5) is 21.7. The summed E-state index contributed by atoms with van der Waals surface area (Å²) in [6, 6.07) is 0. The second-order valence-electron chi connectivity index (χ2n) is 3.75. The van der Waals surface area contributed by atoms with Crippen molar-refractivity contribution in [3.8, 4) is 0 Å². The molecule has 0 aliphatic rings. The first-order chi connectivity index (χ1) is 7.95. The third kappa shape index (κ3) is 8.65. The van der Waals surface area contributed by atoms with Gasteiger partial charge in [0.05, 0.1) is 13.2 Å². The molecule has 0 aromatic rings. The van der Waals surface area contributed by atoms with Gasteiger partial charge in [-0.05, 0) is 33.1 Å². The lowest BCUT2D eigenvalue weighted by atomic mass is 10.2. The van der Waals surface area contributed by atoms with Gasteiger partial charge in [-0.3, -0.25) is 0 Å². The Morgan fingerprint density at radius 2 is 1.24 bits per heavy atom. The summed E-state index contributed by atoms with van der Waals surface area (Å²) in [5.74, 6) is -1.27. The summed E-state index contributed by atoms with van der Waals surface area (Å²) in [6.45, 7) is 3.18. The lowest BCUT2D eigenvalue weighted by Crippen LogP contribution is -2.20. The average Bonchev–Trinajstić information content (AvgIpc) is 2.26. The summed E-state index contributed by atoms with van der Waals surface area (Å²) in [5.41, 5.74) is 0. The van der Waals surface area contributed by atoms with Gasteiger partial charge in [-0.1, -0.05) is 0 Å². The number of unbranched alkanes of at least 4 members (excludes halogenated alkanes) is 2. The van der Waals surface area contributed by atoms with E-state index in [1.54, 1.807) is 0 Å². The lowest BCUT2D eigenvalue weighted by Gasteiger charge is -2.07. The molecule has 6 nitrogen and oxygen atoms in total. The zero-order valence-electron chi connectivity index (χ0n) is 10.2. The van der Waals surface area contributed by atoms with Crippen molar-refractivity contribution in [1.82, 2.24) is 0 Å². The fourth-order valence-electron chi connectivity index (χ4n) is 0.968. The summed E-state index contributed by atoms with van der Waals surface area (Å²) < 4.78 is 9.47. The molecule has 0 radical (unpaired) electrons. The summed E-state index contributed by atoms with van der Waals surface area (Å²) in [5, 5.41) is 17.6. The molecule has 0 amide bonds. The molecule has 0 aromatic heterocycles. The van der Waals surface area contributed by atoms with E-state index in [4.69, 9.17) is 19.7 Å². The number of rotatable bonds is 8. The van der Waals surface area contributed by atoms with Crippen molar-refractivity contribution in [2.75, 3.05) is 13.2 Å². The van der Waals surface area contributed by atoms with E-state index in [1.165, 1.54) is 13.8 Å². The summed E-state index contributed by atoms with van der Waals surface area (Å²) in [6.07, 6.45) is -0.167. The van der Waals surface area contributed by atoms with Gasteiger partial charge >= 0.3 is 11.9 Å². The summed E-state index contributed by atoms with van der Waals surface area (Å²) in [7, 11) is 0. The molecule has 2 N–H and O–H groups in total. The number of hydrogen-bond acceptors (Lipinski definition) is 6. The van der Waals surface area contributed by atoms with Crippen LogP contribution in [0.15, 0.2) is 0 Å². The zero-order chi connectivity index (χ0) is 13.3. The first-order valence-corrected chi connectivity index (χ1v) is 5.64. The maximum atomic E-state index is 10.8. The Balaban J connectivity index is 3.30. The maximum Gasteiger partial charge on any atom is 0.334 e. The first kappa shape index (κ1) is 15.9. The van der Waals surface area contributed by atoms with Crippen LogP contribution < -0.4 is 0 Å². The molecule has 0 spiro atoms. The van der Waals surface area contributed by atoms with Crippen molar-refractivity contribution in [2.24, 2.45) is 0 Å². The van der Waals surface area contributed by atoms with E-state index in [2.05, 4.69) is 0 Å². The van der Waals surface area contributed by atoms with Gasteiger partial charge in [0, 0.05) is 0 Å². The van der Waals surface area contributed by atoms with Gasteiger partial charge in [0.1, 0.15) is 12.2 Å². The molecule has 2 atom stereocenters. The quantitative estimate of drug-likeness (QED) is 0.464. The van der Waals surface area contributed by atoms with Crippen molar-refractivity contribution < 1.29 is 29.3 Å². The van der Waals surface area contributed by atoms with Gasteiger partial charge in [-0.25, -0.2) is 9.59 Å². The van der Waals surface area contributed by atoms with Crippen molar-refractivity contribution >= 4 is 11.9 Å². The highest BCUT2D eigenvalue weighted by Gasteiger charge is 2.10. The number of hydrogen-bond donors (Lipinski definition) is 2. The highest BCUT2D eigenvalue weighted by molar-refractivity contribution is 5.74. The van der Waals surface area contributed by atoms with Gasteiger partial charge in [-0.15, -0.1) is 0 Å². The summed E-state index contributed by atoms with van der Waals surface area (Å²) >= 11 is 0. The fraction of sp³-hybridized carbons (Fsp3) is 0.818. The van der Waals surface area contributed by atoms with E-state index >= 15 is 0 Å². The molecule has 0 aromatic carbocycles. The molecular formula is C11H20O6. The van der Waals surface area contributed by atoms with Crippen LogP contribution in [-0.2, 0) is 19.1 Å². The van der Waals surface area contributed by atoms with Crippen molar-refractivity contribution in [3.05, 3.63) is 0 Å². The van der Waals surface area contributed by atoms with Crippen LogP contribution in [0.3, 0.4) is 0 Å². The van der Waals surface area contributed by atoms with Crippen molar-refractivity contribution in [3.63, 3.8) is 0 Å². The minimum absolute atomic E-state index is 0.244. The van der Waals surface area contributed by atoms with E-state index in [0.29, 0.717) is 12.8 Å². The van der Waals surface area contributed by atoms with Crippen LogP contribution in [0.25, 0.3) is 0 Å². The monoisotopic (exact) mass is 248 g/mol. The third-order valence-electron chi connectivity index (χ3n) is 1.96. The molecule has 17 heavy (non-hydrogen) atoms. The molecule has 0 unspecified atom stereocenters. The van der Waals surface area contributed by atoms with Gasteiger partial charge in [-0.2, -0.15) is 0 Å². The number of carbonyl (C=O) groups excluding carboxylic acids is 2. The molecule has 0 fully saturated rings. The number of esters is 2. The van der Waals surface area contributed by atoms with Crippen molar-refractivity contribution in [1.29, 1.82) is 0 Å². The third-order valence-corrected chi connectivity index (χ3v) is 1.96. The van der Waals surface area contributed by atoms with E-state index < -0.39 is 24.1 Å². The van der Waals surface area contributed by atoms with Crippen LogP contribution in [0.5, 0.6) is 0 Å². The highest BCUT2D eigenvalue weighted by Crippen LogP contribution is 1.99. The highest BCUT2D eigenvalue weighted by atomic mass is 16.5. The normalized spacial score (nSPS) is 13.9. The predicted molar refractivity (Wildman–Crippen MR) is 59.1 cm³/mol. The Morgan fingerprint density at radius 3 is 1.53 bits per heavy atom. The standard InChI is InChI=1S/C11H20O6/c1-8(12)10(14)16-6-4-3-5-7-17-11(15)9(2)13/h8-9,12-13H,3-7H2,1-2H3/t8-,9-/m0/s1. The molecule has 6 heteroatoms. The topological polar surface area (TPSA) is 93.1 Å². The number of ether oxygens (including phenoxy) is 2. The molecule has 0 bridgehead atoms. The van der Waals surface area contributed by atoms with Gasteiger partial charge in [0.15, 0.2) is 0 Å². The molecule has 0 rings (SSSR count). The molecule has 0 heterocycles. The SMILES string of the molecule is C[C@H](O)C(=O)OCCCCCOC(=O)[C@H](C)O. The Morgan fingerprint density at radius 1 is 0.882 bits per heavy atom.